The quantitative estimate of drug-likeness (QED) is 0.398. The van der Waals surface area contributed by atoms with Crippen LogP contribution in [0.15, 0.2) is 12.7 Å². The Bertz CT molecular complexity index is 277. The van der Waals surface area contributed by atoms with Gasteiger partial charge in [0, 0.05) is 13.7 Å². The fourth-order valence-electron chi connectivity index (χ4n) is 3.07. The zero-order valence-electron chi connectivity index (χ0n) is 13.3. The average molecular weight is 301 g/mol. The van der Waals surface area contributed by atoms with Gasteiger partial charge in [-0.3, -0.25) is 0 Å². The van der Waals surface area contributed by atoms with Gasteiger partial charge in [0.05, 0.1) is 7.11 Å². The molecule has 1 atom stereocenters. The van der Waals surface area contributed by atoms with E-state index < -0.39 is 22.5 Å². The van der Waals surface area contributed by atoms with Gasteiger partial charge in [0.1, 0.15) is 0 Å². The molecule has 0 aromatic heterocycles. The zero-order chi connectivity index (χ0) is 14.0. The van der Waals surface area contributed by atoms with E-state index >= 15 is 0 Å². The van der Waals surface area contributed by atoms with Gasteiger partial charge in [0.15, 0.2) is 7.83 Å². The van der Waals surface area contributed by atoms with E-state index in [1.807, 2.05) is 6.08 Å². The van der Waals surface area contributed by atoms with Crippen molar-refractivity contribution in [3.05, 3.63) is 12.7 Å². The molecule has 0 spiro atoms. The van der Waals surface area contributed by atoms with Crippen molar-refractivity contribution in [1.82, 2.24) is 0 Å². The topological polar surface area (TPSA) is 9.23 Å². The molecule has 1 heterocycles. The lowest BCUT2D eigenvalue weighted by Crippen LogP contribution is -2.76. The molecule has 0 radical (unpaired) electrons. The number of hydrogen-bond acceptors (Lipinski definition) is 1. The van der Waals surface area contributed by atoms with Crippen molar-refractivity contribution in [2.45, 2.75) is 77.1 Å². The average Bonchev–Trinajstić information content (AvgIpc) is 2.21. The minimum Gasteiger partial charge on any atom is -0.418 e. The molecule has 1 aliphatic rings. The Morgan fingerprint density at radius 1 is 1.11 bits per heavy atom. The second-order valence-corrected chi connectivity index (χ2v) is 34.9. The predicted molar refractivity (Wildman–Crippen MR) is 90.8 cm³/mol. The Morgan fingerprint density at radius 3 is 2.22 bits per heavy atom. The van der Waals surface area contributed by atoms with E-state index in [2.05, 4.69) is 45.9 Å². The van der Waals surface area contributed by atoms with Crippen LogP contribution in [0.25, 0.3) is 0 Å². The third-order valence-electron chi connectivity index (χ3n) is 5.58. The molecule has 0 aromatic carbocycles. The van der Waals surface area contributed by atoms with Crippen molar-refractivity contribution in [2.24, 2.45) is 0 Å². The summed E-state index contributed by atoms with van der Waals surface area (Å²) in [6.45, 7) is 19.3. The second kappa shape index (κ2) is 5.77. The SMILES string of the molecule is C=CCCCCC1C[Si](C)(C)[Si](C)(C)[Si](C)(C)O1. The molecule has 1 saturated heterocycles. The lowest BCUT2D eigenvalue weighted by molar-refractivity contribution is 0.200. The Morgan fingerprint density at radius 2 is 1.72 bits per heavy atom. The van der Waals surface area contributed by atoms with Gasteiger partial charge in [-0.25, -0.2) is 0 Å². The molecule has 1 unspecified atom stereocenters. The first-order valence-corrected chi connectivity index (χ1v) is 18.5. The summed E-state index contributed by atoms with van der Waals surface area (Å²) in [7, 11) is -3.54. The highest BCUT2D eigenvalue weighted by molar-refractivity contribution is 7.67. The van der Waals surface area contributed by atoms with E-state index in [-0.39, 0.29) is 0 Å². The van der Waals surface area contributed by atoms with Crippen molar-refractivity contribution in [3.8, 4) is 0 Å². The summed E-state index contributed by atoms with van der Waals surface area (Å²) < 4.78 is 6.61. The van der Waals surface area contributed by atoms with Crippen LogP contribution in [0, 0.1) is 0 Å². The third-order valence-corrected chi connectivity index (χ3v) is 46.0. The number of unbranched alkanes of at least 4 members (excludes halogenated alkanes) is 2. The van der Waals surface area contributed by atoms with Crippen LogP contribution in [-0.2, 0) is 4.43 Å². The van der Waals surface area contributed by atoms with Gasteiger partial charge >= 0.3 is 0 Å². The summed E-state index contributed by atoms with van der Waals surface area (Å²) in [6, 6.07) is 1.41. The molecule has 1 fully saturated rings. The van der Waals surface area contributed by atoms with E-state index in [9.17, 15) is 0 Å². The minimum atomic E-state index is -1.40. The molecule has 0 aromatic rings. The van der Waals surface area contributed by atoms with Crippen LogP contribution in [0.1, 0.15) is 25.7 Å². The molecule has 0 N–H and O–H groups in total. The van der Waals surface area contributed by atoms with Gasteiger partial charge in [-0.15, -0.1) is 6.58 Å². The van der Waals surface area contributed by atoms with Crippen molar-refractivity contribution >= 4 is 22.5 Å². The summed E-state index contributed by atoms with van der Waals surface area (Å²) >= 11 is 0. The molecule has 1 aliphatic heterocycles. The molecule has 0 amide bonds. The van der Waals surface area contributed by atoms with Gasteiger partial charge in [-0.1, -0.05) is 38.7 Å². The van der Waals surface area contributed by atoms with Crippen molar-refractivity contribution < 1.29 is 4.43 Å². The van der Waals surface area contributed by atoms with E-state index in [4.69, 9.17) is 4.43 Å². The third kappa shape index (κ3) is 3.27. The Balaban J connectivity index is 2.63. The van der Waals surface area contributed by atoms with E-state index in [0.717, 1.165) is 6.42 Å². The van der Waals surface area contributed by atoms with Gasteiger partial charge in [0.2, 0.25) is 0 Å². The minimum absolute atomic E-state index is 0.582. The molecule has 0 saturated carbocycles. The number of hydrogen-bond donors (Lipinski definition) is 0. The lowest BCUT2D eigenvalue weighted by Gasteiger charge is -2.54. The van der Waals surface area contributed by atoms with Crippen LogP contribution in [0.3, 0.4) is 0 Å². The molecule has 4 heteroatoms. The molecule has 1 nitrogen and oxygen atoms in total. The molecular weight excluding hydrogens is 268 g/mol. The van der Waals surface area contributed by atoms with Gasteiger partial charge in [-0.05, 0) is 38.4 Å². The fourth-order valence-corrected chi connectivity index (χ4v) is 32.7. The number of rotatable bonds is 5. The molecule has 106 valence electrons. The fraction of sp³-hybridized carbons (Fsp3) is 0.857. The van der Waals surface area contributed by atoms with Crippen LogP contribution in [-0.4, -0.2) is 28.6 Å². The summed E-state index contributed by atoms with van der Waals surface area (Å²) in [6.07, 6.45) is 7.66. The van der Waals surface area contributed by atoms with Crippen molar-refractivity contribution in [3.63, 3.8) is 0 Å². The van der Waals surface area contributed by atoms with E-state index in [1.54, 1.807) is 0 Å². The maximum Gasteiger partial charge on any atom is 0.171 e. The maximum atomic E-state index is 6.61. The van der Waals surface area contributed by atoms with Crippen LogP contribution in [0.2, 0.25) is 45.3 Å². The van der Waals surface area contributed by atoms with E-state index in [0.29, 0.717) is 6.10 Å². The largest absolute Gasteiger partial charge is 0.418 e. The Hall–Kier alpha value is 0.351. The van der Waals surface area contributed by atoms with Crippen LogP contribution >= 0.6 is 0 Å². The summed E-state index contributed by atoms with van der Waals surface area (Å²) in [5.41, 5.74) is 0. The zero-order valence-corrected chi connectivity index (χ0v) is 16.3. The first kappa shape index (κ1) is 16.4. The molecule has 0 bridgehead atoms. The maximum absolute atomic E-state index is 6.61. The van der Waals surface area contributed by atoms with Gasteiger partial charge < -0.3 is 4.43 Å². The highest BCUT2D eigenvalue weighted by atomic mass is 29.6. The van der Waals surface area contributed by atoms with Crippen LogP contribution < -0.4 is 0 Å². The van der Waals surface area contributed by atoms with E-state index in [1.165, 1.54) is 25.3 Å². The highest BCUT2D eigenvalue weighted by Crippen LogP contribution is 2.40. The first-order chi connectivity index (χ1) is 8.14. The smallest absolute Gasteiger partial charge is 0.171 e. The van der Waals surface area contributed by atoms with Crippen LogP contribution in [0.5, 0.6) is 0 Å². The first-order valence-electron chi connectivity index (χ1n) is 7.43. The Kier molecular flexibility index (Phi) is 5.26. The molecule has 18 heavy (non-hydrogen) atoms. The number of allylic oxidation sites excluding steroid dienone is 1. The summed E-state index contributed by atoms with van der Waals surface area (Å²) in [5, 5.41) is 0. The summed E-state index contributed by atoms with van der Waals surface area (Å²) in [4.78, 5) is 0. The monoisotopic (exact) mass is 300 g/mol. The van der Waals surface area contributed by atoms with Gasteiger partial charge in [-0.2, -0.15) is 0 Å². The lowest BCUT2D eigenvalue weighted by atomic mass is 10.1. The molecular formula is C14H32OSi3. The molecule has 0 aliphatic carbocycles. The van der Waals surface area contributed by atoms with Crippen molar-refractivity contribution in [2.75, 3.05) is 0 Å². The second-order valence-electron chi connectivity index (χ2n) is 7.54. The summed E-state index contributed by atoms with van der Waals surface area (Å²) in [5.74, 6) is 0. The Labute approximate surface area is 117 Å². The standard InChI is InChI=1S/C14H32OSi3/c1-8-9-10-11-12-14-13-16(2,3)18(6,7)17(4,5)15-14/h8,14H,1,9-13H2,2-7H3. The predicted octanol–water partition coefficient (Wildman–Crippen LogP) is 4.91. The van der Waals surface area contributed by atoms with Crippen LogP contribution in [0.4, 0.5) is 0 Å². The van der Waals surface area contributed by atoms with Crippen molar-refractivity contribution in [1.29, 1.82) is 0 Å². The highest BCUT2D eigenvalue weighted by Gasteiger charge is 2.58. The normalized spacial score (nSPS) is 28.9. The molecule has 1 rings (SSSR count). The van der Waals surface area contributed by atoms with Gasteiger partial charge in [0.25, 0.3) is 0 Å².